The molecule has 0 aliphatic carbocycles. The SMILES string of the molecule is CN(C(=O)NCc1cccc(F)c1F)[C@@H](CCCCO)COC(=O)Nc1cc(-c2ccccc2)no1. The number of aliphatic hydroxyl groups excluding tert-OH is 1. The zero-order valence-corrected chi connectivity index (χ0v) is 19.7. The Balaban J connectivity index is 1.55. The van der Waals surface area contributed by atoms with Crippen LogP contribution < -0.4 is 10.6 Å². The quantitative estimate of drug-likeness (QED) is 0.332. The molecule has 1 aromatic heterocycles. The molecule has 36 heavy (non-hydrogen) atoms. The maximum atomic E-state index is 13.9. The molecule has 2 aromatic carbocycles. The topological polar surface area (TPSA) is 117 Å². The van der Waals surface area contributed by atoms with Crippen LogP contribution in [0.25, 0.3) is 11.3 Å². The molecule has 0 aliphatic heterocycles. The van der Waals surface area contributed by atoms with E-state index in [1.54, 1.807) is 6.07 Å². The van der Waals surface area contributed by atoms with Crippen LogP contribution in [0.4, 0.5) is 24.3 Å². The van der Waals surface area contributed by atoms with Gasteiger partial charge in [-0.3, -0.25) is 5.32 Å². The van der Waals surface area contributed by atoms with E-state index < -0.39 is 29.8 Å². The van der Waals surface area contributed by atoms with E-state index >= 15 is 0 Å². The van der Waals surface area contributed by atoms with Gasteiger partial charge < -0.3 is 24.6 Å². The third-order valence-electron chi connectivity index (χ3n) is 5.49. The van der Waals surface area contributed by atoms with Gasteiger partial charge in [0.25, 0.3) is 0 Å². The number of carbonyl (C=O) groups is 2. The van der Waals surface area contributed by atoms with E-state index in [0.29, 0.717) is 25.0 Å². The summed E-state index contributed by atoms with van der Waals surface area (Å²) in [5, 5.41) is 18.0. The number of benzene rings is 2. The molecule has 192 valence electrons. The first-order chi connectivity index (χ1) is 17.4. The van der Waals surface area contributed by atoms with Crippen LogP contribution in [0.2, 0.25) is 0 Å². The van der Waals surface area contributed by atoms with Gasteiger partial charge in [0.05, 0.1) is 6.04 Å². The van der Waals surface area contributed by atoms with Crippen LogP contribution in [0.1, 0.15) is 24.8 Å². The highest BCUT2D eigenvalue weighted by molar-refractivity contribution is 5.83. The van der Waals surface area contributed by atoms with Crippen molar-refractivity contribution in [3.05, 3.63) is 71.8 Å². The van der Waals surface area contributed by atoms with Crippen LogP contribution in [-0.2, 0) is 11.3 Å². The number of aromatic nitrogens is 1. The number of ether oxygens (including phenoxy) is 1. The van der Waals surface area contributed by atoms with Gasteiger partial charge in [-0.05, 0) is 25.3 Å². The third-order valence-corrected chi connectivity index (χ3v) is 5.49. The summed E-state index contributed by atoms with van der Waals surface area (Å²) >= 11 is 0. The summed E-state index contributed by atoms with van der Waals surface area (Å²) in [5.74, 6) is -1.93. The van der Waals surface area contributed by atoms with E-state index in [1.807, 2.05) is 30.3 Å². The molecule has 0 aliphatic rings. The van der Waals surface area contributed by atoms with Crippen molar-refractivity contribution < 1.29 is 32.7 Å². The van der Waals surface area contributed by atoms with Gasteiger partial charge in [0.1, 0.15) is 12.3 Å². The normalized spacial score (nSPS) is 11.6. The molecule has 0 spiro atoms. The Morgan fingerprint density at radius 3 is 2.67 bits per heavy atom. The predicted molar refractivity (Wildman–Crippen MR) is 128 cm³/mol. The van der Waals surface area contributed by atoms with E-state index in [0.717, 1.165) is 11.6 Å². The number of hydrogen-bond acceptors (Lipinski definition) is 6. The molecule has 0 saturated heterocycles. The molecule has 3 aromatic rings. The van der Waals surface area contributed by atoms with Gasteiger partial charge in [-0.2, -0.15) is 0 Å². The summed E-state index contributed by atoms with van der Waals surface area (Å²) < 4.78 is 37.7. The van der Waals surface area contributed by atoms with Gasteiger partial charge in [0.15, 0.2) is 11.6 Å². The minimum atomic E-state index is -1.03. The Labute approximate surface area is 207 Å². The molecule has 0 bridgehead atoms. The van der Waals surface area contributed by atoms with Crippen LogP contribution in [0, 0.1) is 11.6 Å². The molecule has 0 unspecified atom stereocenters. The number of amides is 3. The van der Waals surface area contributed by atoms with E-state index in [-0.39, 0.29) is 31.2 Å². The van der Waals surface area contributed by atoms with Crippen molar-refractivity contribution in [2.75, 3.05) is 25.6 Å². The summed E-state index contributed by atoms with van der Waals surface area (Å²) in [6, 6.07) is 13.5. The number of halogens is 2. The van der Waals surface area contributed by atoms with Crippen molar-refractivity contribution in [1.29, 1.82) is 0 Å². The van der Waals surface area contributed by atoms with Crippen LogP contribution >= 0.6 is 0 Å². The first kappa shape index (κ1) is 26.6. The Morgan fingerprint density at radius 2 is 1.92 bits per heavy atom. The lowest BCUT2D eigenvalue weighted by atomic mass is 10.1. The maximum absolute atomic E-state index is 13.9. The molecule has 0 radical (unpaired) electrons. The van der Waals surface area contributed by atoms with Crippen LogP contribution in [0.3, 0.4) is 0 Å². The van der Waals surface area contributed by atoms with Crippen molar-refractivity contribution >= 4 is 18.0 Å². The fraction of sp³-hybridized carbons (Fsp3) is 0.320. The number of unbranched alkanes of at least 4 members (excludes halogenated alkanes) is 1. The zero-order chi connectivity index (χ0) is 25.9. The molecule has 3 amide bonds. The fourth-order valence-corrected chi connectivity index (χ4v) is 3.41. The van der Waals surface area contributed by atoms with E-state index in [2.05, 4.69) is 15.8 Å². The van der Waals surface area contributed by atoms with Gasteiger partial charge in [0, 0.05) is 37.4 Å². The number of nitrogens with one attached hydrogen (secondary N) is 2. The van der Waals surface area contributed by atoms with Gasteiger partial charge >= 0.3 is 12.1 Å². The predicted octanol–water partition coefficient (Wildman–Crippen LogP) is 4.54. The van der Waals surface area contributed by atoms with E-state index in [9.17, 15) is 18.4 Å². The second-order valence-electron chi connectivity index (χ2n) is 8.02. The number of hydrogen-bond donors (Lipinski definition) is 3. The van der Waals surface area contributed by atoms with Gasteiger partial charge in [-0.1, -0.05) is 47.6 Å². The third kappa shape index (κ3) is 7.51. The lowest BCUT2D eigenvalue weighted by Gasteiger charge is -2.28. The number of nitrogens with zero attached hydrogens (tertiary/aromatic N) is 2. The molecular formula is C25H28F2N4O5. The molecule has 9 nitrogen and oxygen atoms in total. The molecule has 0 fully saturated rings. The van der Waals surface area contributed by atoms with Gasteiger partial charge in [0.2, 0.25) is 5.88 Å². The second kappa shape index (κ2) is 13.2. The Hall–Kier alpha value is -3.99. The van der Waals surface area contributed by atoms with Crippen molar-refractivity contribution in [2.24, 2.45) is 0 Å². The number of anilines is 1. The number of aliphatic hydroxyl groups is 1. The number of likely N-dealkylation sites (N-methyl/N-ethyl adjacent to an activating group) is 1. The summed E-state index contributed by atoms with van der Waals surface area (Å²) in [6.07, 6.45) is 0.721. The highest BCUT2D eigenvalue weighted by Gasteiger charge is 2.22. The second-order valence-corrected chi connectivity index (χ2v) is 8.02. The van der Waals surface area contributed by atoms with Crippen LogP contribution in [0.15, 0.2) is 59.1 Å². The van der Waals surface area contributed by atoms with Crippen LogP contribution in [-0.4, -0.2) is 53.6 Å². The molecule has 1 heterocycles. The zero-order valence-electron chi connectivity index (χ0n) is 19.7. The largest absolute Gasteiger partial charge is 0.447 e. The molecule has 3 N–H and O–H groups in total. The van der Waals surface area contributed by atoms with Crippen molar-refractivity contribution in [1.82, 2.24) is 15.4 Å². The Morgan fingerprint density at radius 1 is 1.14 bits per heavy atom. The standard InChI is InChI=1S/C25H28F2N4O5/c1-31(24(33)28-15-18-10-7-12-20(26)23(18)27)19(11-5-6-13-32)16-35-25(34)29-22-14-21(30-36-22)17-8-3-2-4-9-17/h2-4,7-10,12,14,19,32H,5-6,11,13,15-16H2,1H3,(H,28,33)(H,29,34)/t19-/m0/s1. The van der Waals surface area contributed by atoms with Crippen molar-refractivity contribution in [2.45, 2.75) is 31.8 Å². The lowest BCUT2D eigenvalue weighted by molar-refractivity contribution is 0.111. The average molecular weight is 503 g/mol. The van der Waals surface area contributed by atoms with E-state index in [4.69, 9.17) is 14.4 Å². The molecule has 0 saturated carbocycles. The summed E-state index contributed by atoms with van der Waals surface area (Å²) in [4.78, 5) is 26.3. The fourth-order valence-electron chi connectivity index (χ4n) is 3.41. The van der Waals surface area contributed by atoms with Crippen molar-refractivity contribution in [3.8, 4) is 11.3 Å². The van der Waals surface area contributed by atoms with Crippen molar-refractivity contribution in [3.63, 3.8) is 0 Å². The molecule has 11 heteroatoms. The van der Waals surface area contributed by atoms with Gasteiger partial charge in [-0.25, -0.2) is 18.4 Å². The summed E-state index contributed by atoms with van der Waals surface area (Å²) in [7, 11) is 1.50. The molecule has 3 rings (SSSR count). The Kier molecular flexibility index (Phi) is 9.75. The van der Waals surface area contributed by atoms with E-state index in [1.165, 1.54) is 24.1 Å². The first-order valence-corrected chi connectivity index (χ1v) is 11.4. The lowest BCUT2D eigenvalue weighted by Crippen LogP contribution is -2.46. The highest BCUT2D eigenvalue weighted by atomic mass is 19.2. The molecular weight excluding hydrogens is 474 g/mol. The number of urea groups is 1. The monoisotopic (exact) mass is 502 g/mol. The summed E-state index contributed by atoms with van der Waals surface area (Å²) in [6.45, 7) is -0.375. The first-order valence-electron chi connectivity index (χ1n) is 11.4. The molecule has 1 atom stereocenters. The minimum absolute atomic E-state index is 0.00568. The van der Waals surface area contributed by atoms with Gasteiger partial charge in [-0.15, -0.1) is 0 Å². The van der Waals surface area contributed by atoms with Crippen LogP contribution in [0.5, 0.6) is 0 Å². The number of rotatable bonds is 11. The smallest absolute Gasteiger partial charge is 0.414 e. The Bertz CT molecular complexity index is 1140. The minimum Gasteiger partial charge on any atom is -0.447 e. The maximum Gasteiger partial charge on any atom is 0.414 e. The summed E-state index contributed by atoms with van der Waals surface area (Å²) in [5.41, 5.74) is 1.36. The number of carbonyl (C=O) groups excluding carboxylic acids is 2. The highest BCUT2D eigenvalue weighted by Crippen LogP contribution is 2.21. The average Bonchev–Trinajstić information content (AvgIpc) is 3.35.